The second kappa shape index (κ2) is 11.3. The average molecular weight is 342 g/mol. The summed E-state index contributed by atoms with van der Waals surface area (Å²) in [5.74, 6) is 3.23. The zero-order chi connectivity index (χ0) is 17.7. The molecule has 2 aromatic rings. The number of ether oxygens (including phenoxy) is 2. The van der Waals surface area contributed by atoms with Gasteiger partial charge in [0.05, 0.1) is 13.2 Å². The first kappa shape index (κ1) is 19.0. The predicted octanol–water partition coefficient (Wildman–Crippen LogP) is 4.77. The minimum atomic E-state index is 0.159. The Balaban J connectivity index is 1.69. The average Bonchev–Trinajstić information content (AvgIpc) is 2.65. The fourth-order valence-corrected chi connectivity index (χ4v) is 2.10. The Morgan fingerprint density at radius 1 is 0.600 bits per heavy atom. The Morgan fingerprint density at radius 2 is 0.960 bits per heavy atom. The minimum Gasteiger partial charge on any atom is -0.529 e. The summed E-state index contributed by atoms with van der Waals surface area (Å²) in [6.45, 7) is 5.79. The van der Waals surface area contributed by atoms with Crippen LogP contribution in [0.2, 0.25) is 0 Å². The van der Waals surface area contributed by atoms with Gasteiger partial charge in [-0.25, -0.2) is 0 Å². The van der Waals surface area contributed by atoms with E-state index >= 15 is 0 Å². The van der Waals surface area contributed by atoms with E-state index in [-0.39, 0.29) is 7.69 Å². The Bertz CT molecular complexity index is 530. The Labute approximate surface area is 151 Å². The van der Waals surface area contributed by atoms with E-state index in [1.54, 1.807) is 0 Å². The quantitative estimate of drug-likeness (QED) is 0.411. The van der Waals surface area contributed by atoms with E-state index in [1.807, 2.05) is 48.5 Å². The van der Waals surface area contributed by atoms with Gasteiger partial charge in [0.25, 0.3) is 0 Å². The lowest BCUT2D eigenvalue weighted by atomic mass is 10.2. The SMILES string of the molecule is CCCCOc1ccc(OBOc2ccc(OCCCC)cc2)cc1. The Morgan fingerprint density at radius 3 is 1.32 bits per heavy atom. The van der Waals surface area contributed by atoms with Crippen molar-refractivity contribution in [2.24, 2.45) is 0 Å². The Kier molecular flexibility index (Phi) is 8.60. The molecule has 0 saturated carbocycles. The molecule has 0 radical (unpaired) electrons. The maximum absolute atomic E-state index is 5.62. The van der Waals surface area contributed by atoms with E-state index in [0.717, 1.165) is 61.9 Å². The molecule has 0 N–H and O–H groups in total. The first-order valence-corrected chi connectivity index (χ1v) is 9.03. The van der Waals surface area contributed by atoms with Crippen LogP contribution in [0, 0.1) is 0 Å². The number of benzene rings is 2. The molecule has 25 heavy (non-hydrogen) atoms. The van der Waals surface area contributed by atoms with E-state index in [1.165, 1.54) is 0 Å². The second-order valence-electron chi connectivity index (χ2n) is 5.75. The zero-order valence-corrected chi connectivity index (χ0v) is 15.2. The van der Waals surface area contributed by atoms with Gasteiger partial charge in [-0.05, 0) is 61.4 Å². The summed E-state index contributed by atoms with van der Waals surface area (Å²) in [7, 11) is 0.159. The molecule has 0 saturated heterocycles. The molecule has 0 fully saturated rings. The van der Waals surface area contributed by atoms with Crippen LogP contribution in [0.25, 0.3) is 0 Å². The van der Waals surface area contributed by atoms with Crippen LogP contribution in [-0.4, -0.2) is 20.9 Å². The van der Waals surface area contributed by atoms with Crippen molar-refractivity contribution in [2.75, 3.05) is 13.2 Å². The third-order valence-corrected chi connectivity index (χ3v) is 3.63. The summed E-state index contributed by atoms with van der Waals surface area (Å²) in [6, 6.07) is 15.2. The van der Waals surface area contributed by atoms with Crippen molar-refractivity contribution in [2.45, 2.75) is 39.5 Å². The van der Waals surface area contributed by atoms with Crippen molar-refractivity contribution in [3.05, 3.63) is 48.5 Å². The molecule has 0 bridgehead atoms. The highest BCUT2D eigenvalue weighted by molar-refractivity contribution is 6.20. The summed E-state index contributed by atoms with van der Waals surface area (Å²) < 4.78 is 22.4. The van der Waals surface area contributed by atoms with Crippen LogP contribution in [0.5, 0.6) is 23.0 Å². The topological polar surface area (TPSA) is 36.9 Å². The van der Waals surface area contributed by atoms with Gasteiger partial charge in [-0.15, -0.1) is 0 Å². The van der Waals surface area contributed by atoms with Crippen molar-refractivity contribution in [1.82, 2.24) is 0 Å². The maximum Gasteiger partial charge on any atom is 0.576 e. The fourth-order valence-electron chi connectivity index (χ4n) is 2.10. The molecule has 134 valence electrons. The lowest BCUT2D eigenvalue weighted by Gasteiger charge is -2.10. The van der Waals surface area contributed by atoms with Gasteiger partial charge in [0.1, 0.15) is 23.0 Å². The molecule has 0 heterocycles. The summed E-state index contributed by atoms with van der Waals surface area (Å²) in [6.07, 6.45) is 4.39. The number of rotatable bonds is 12. The van der Waals surface area contributed by atoms with Gasteiger partial charge in [-0.2, -0.15) is 0 Å². The van der Waals surface area contributed by atoms with Crippen LogP contribution in [0.3, 0.4) is 0 Å². The molecule has 0 aliphatic rings. The van der Waals surface area contributed by atoms with E-state index in [0.29, 0.717) is 0 Å². The van der Waals surface area contributed by atoms with Crippen LogP contribution in [-0.2, 0) is 0 Å². The third-order valence-electron chi connectivity index (χ3n) is 3.63. The first-order valence-electron chi connectivity index (χ1n) is 9.03. The second-order valence-corrected chi connectivity index (χ2v) is 5.75. The molecule has 0 amide bonds. The van der Waals surface area contributed by atoms with Crippen molar-refractivity contribution in [3.63, 3.8) is 0 Å². The van der Waals surface area contributed by atoms with E-state index < -0.39 is 0 Å². The van der Waals surface area contributed by atoms with Gasteiger partial charge in [-0.1, -0.05) is 26.7 Å². The molecular formula is C20H27BO4. The smallest absolute Gasteiger partial charge is 0.529 e. The van der Waals surface area contributed by atoms with Crippen LogP contribution in [0.15, 0.2) is 48.5 Å². The molecule has 0 atom stereocenters. The summed E-state index contributed by atoms with van der Waals surface area (Å²) in [5.41, 5.74) is 0. The van der Waals surface area contributed by atoms with E-state index in [9.17, 15) is 0 Å². The number of hydrogen-bond donors (Lipinski definition) is 0. The van der Waals surface area contributed by atoms with Crippen LogP contribution < -0.4 is 18.8 Å². The molecule has 0 aromatic heterocycles. The Hall–Kier alpha value is -2.30. The van der Waals surface area contributed by atoms with Crippen molar-refractivity contribution in [3.8, 4) is 23.0 Å². The molecule has 0 spiro atoms. The largest absolute Gasteiger partial charge is 0.576 e. The highest BCUT2D eigenvalue weighted by Gasteiger charge is 2.01. The highest BCUT2D eigenvalue weighted by Crippen LogP contribution is 2.19. The molecule has 2 aromatic carbocycles. The van der Waals surface area contributed by atoms with E-state index in [4.69, 9.17) is 18.8 Å². The molecular weight excluding hydrogens is 315 g/mol. The standard InChI is InChI=1S/C20H27BO4/c1-3-5-15-22-17-7-11-19(12-8-17)24-21-25-20-13-9-18(10-14-20)23-16-6-4-2/h7-14,21H,3-6,15-16H2,1-2H3. The van der Waals surface area contributed by atoms with Crippen molar-refractivity contribution >= 4 is 7.69 Å². The molecule has 0 aliphatic carbocycles. The number of hydrogen-bond acceptors (Lipinski definition) is 4. The number of unbranched alkanes of at least 4 members (excludes halogenated alkanes) is 2. The zero-order valence-electron chi connectivity index (χ0n) is 15.2. The third kappa shape index (κ3) is 7.42. The highest BCUT2D eigenvalue weighted by atomic mass is 16.6. The van der Waals surface area contributed by atoms with Crippen LogP contribution in [0.4, 0.5) is 0 Å². The predicted molar refractivity (Wildman–Crippen MR) is 102 cm³/mol. The van der Waals surface area contributed by atoms with Gasteiger partial charge < -0.3 is 18.8 Å². The van der Waals surface area contributed by atoms with Gasteiger partial charge in [0.2, 0.25) is 0 Å². The van der Waals surface area contributed by atoms with Crippen molar-refractivity contribution in [1.29, 1.82) is 0 Å². The summed E-state index contributed by atoms with van der Waals surface area (Å²) in [4.78, 5) is 0. The monoisotopic (exact) mass is 342 g/mol. The molecule has 4 nitrogen and oxygen atoms in total. The summed E-state index contributed by atoms with van der Waals surface area (Å²) in [5, 5.41) is 0. The maximum atomic E-state index is 5.62. The van der Waals surface area contributed by atoms with Crippen LogP contribution >= 0.6 is 0 Å². The van der Waals surface area contributed by atoms with Gasteiger partial charge in [-0.3, -0.25) is 0 Å². The van der Waals surface area contributed by atoms with Gasteiger partial charge in [0, 0.05) is 0 Å². The fraction of sp³-hybridized carbons (Fsp3) is 0.400. The van der Waals surface area contributed by atoms with Gasteiger partial charge >= 0.3 is 7.69 Å². The molecule has 0 unspecified atom stereocenters. The first-order chi connectivity index (χ1) is 12.3. The normalized spacial score (nSPS) is 10.2. The lowest BCUT2D eigenvalue weighted by molar-refractivity contribution is 0.309. The van der Waals surface area contributed by atoms with Crippen molar-refractivity contribution < 1.29 is 18.8 Å². The summed E-state index contributed by atoms with van der Waals surface area (Å²) >= 11 is 0. The minimum absolute atomic E-state index is 0.159. The van der Waals surface area contributed by atoms with E-state index in [2.05, 4.69) is 13.8 Å². The lowest BCUT2D eigenvalue weighted by Crippen LogP contribution is -2.10. The van der Waals surface area contributed by atoms with Crippen LogP contribution in [0.1, 0.15) is 39.5 Å². The molecule has 5 heteroatoms. The van der Waals surface area contributed by atoms with Gasteiger partial charge in [0.15, 0.2) is 0 Å². The molecule has 2 rings (SSSR count). The molecule has 0 aliphatic heterocycles.